The molecule has 1 rings (SSSR count). The van der Waals surface area contributed by atoms with Crippen LogP contribution in [0.5, 0.6) is 0 Å². The lowest BCUT2D eigenvalue weighted by molar-refractivity contribution is -0.385. The van der Waals surface area contributed by atoms with Gasteiger partial charge in [-0.15, -0.1) is 0 Å². The fourth-order valence-corrected chi connectivity index (χ4v) is 1.53. The van der Waals surface area contributed by atoms with Gasteiger partial charge in [0.15, 0.2) is 5.78 Å². The van der Waals surface area contributed by atoms with E-state index in [4.69, 9.17) is 5.26 Å². The van der Waals surface area contributed by atoms with Crippen molar-refractivity contribution in [1.82, 2.24) is 0 Å². The fraction of sp³-hybridized carbons (Fsp3) is 0.273. The standard InChI is InChI=1S/C11H10N2O3/c1-3-8-4-5-9(7(2)14)10(6-12)11(8)13(15)16/h4-5H,3H2,1-2H3. The Labute approximate surface area is 92.5 Å². The molecule has 0 aliphatic rings. The van der Waals surface area contributed by atoms with Gasteiger partial charge in [-0.2, -0.15) is 5.26 Å². The fourth-order valence-electron chi connectivity index (χ4n) is 1.53. The van der Waals surface area contributed by atoms with Gasteiger partial charge in [-0.05, 0) is 19.4 Å². The van der Waals surface area contributed by atoms with E-state index in [0.717, 1.165) is 0 Å². The first-order valence-corrected chi connectivity index (χ1v) is 4.74. The Morgan fingerprint density at radius 3 is 2.56 bits per heavy atom. The first-order chi connectivity index (χ1) is 7.52. The molecule has 0 unspecified atom stereocenters. The SMILES string of the molecule is CCc1ccc(C(C)=O)c(C#N)c1[N+](=O)[O-]. The second kappa shape index (κ2) is 4.53. The topological polar surface area (TPSA) is 84.0 Å². The molecule has 0 spiro atoms. The van der Waals surface area contributed by atoms with Crippen molar-refractivity contribution in [2.45, 2.75) is 20.3 Å². The molecular weight excluding hydrogens is 208 g/mol. The van der Waals surface area contributed by atoms with Gasteiger partial charge < -0.3 is 0 Å². The van der Waals surface area contributed by atoms with Crippen LogP contribution in [0, 0.1) is 21.4 Å². The highest BCUT2D eigenvalue weighted by Gasteiger charge is 2.23. The number of aryl methyl sites for hydroxylation is 1. The van der Waals surface area contributed by atoms with E-state index in [-0.39, 0.29) is 22.6 Å². The molecule has 5 heteroatoms. The Bertz CT molecular complexity index is 501. The smallest absolute Gasteiger partial charge is 0.290 e. The third-order valence-electron chi connectivity index (χ3n) is 2.32. The van der Waals surface area contributed by atoms with E-state index in [1.165, 1.54) is 19.1 Å². The van der Waals surface area contributed by atoms with Crippen molar-refractivity contribution < 1.29 is 9.72 Å². The van der Waals surface area contributed by atoms with Gasteiger partial charge in [0.25, 0.3) is 5.69 Å². The van der Waals surface area contributed by atoms with Crippen molar-refractivity contribution >= 4 is 11.5 Å². The Morgan fingerprint density at radius 1 is 1.56 bits per heavy atom. The highest BCUT2D eigenvalue weighted by atomic mass is 16.6. The van der Waals surface area contributed by atoms with E-state index in [9.17, 15) is 14.9 Å². The average Bonchev–Trinajstić information content (AvgIpc) is 2.26. The van der Waals surface area contributed by atoms with E-state index in [1.54, 1.807) is 13.0 Å². The maximum atomic E-state index is 11.2. The molecular formula is C11H10N2O3. The first kappa shape index (κ1) is 11.9. The van der Waals surface area contributed by atoms with Crippen LogP contribution in [-0.4, -0.2) is 10.7 Å². The summed E-state index contributed by atoms with van der Waals surface area (Å²) in [7, 11) is 0. The molecule has 1 aromatic rings. The lowest BCUT2D eigenvalue weighted by atomic mass is 9.98. The number of nitro groups is 1. The van der Waals surface area contributed by atoms with Crippen LogP contribution in [0.4, 0.5) is 5.69 Å². The molecule has 0 aliphatic heterocycles. The number of carbonyl (C=O) groups is 1. The third kappa shape index (κ3) is 1.91. The van der Waals surface area contributed by atoms with Gasteiger partial charge in [-0.1, -0.05) is 13.0 Å². The van der Waals surface area contributed by atoms with Crippen LogP contribution in [0.1, 0.15) is 35.3 Å². The number of nitriles is 1. The zero-order chi connectivity index (χ0) is 12.3. The van der Waals surface area contributed by atoms with Crippen LogP contribution in [0.2, 0.25) is 0 Å². The number of hydrogen-bond donors (Lipinski definition) is 0. The highest BCUT2D eigenvalue weighted by molar-refractivity contribution is 5.98. The summed E-state index contributed by atoms with van der Waals surface area (Å²) in [6, 6.07) is 4.73. The summed E-state index contributed by atoms with van der Waals surface area (Å²) in [5, 5.41) is 19.8. The molecule has 0 aromatic heterocycles. The van der Waals surface area contributed by atoms with Gasteiger partial charge >= 0.3 is 0 Å². The summed E-state index contributed by atoms with van der Waals surface area (Å²) < 4.78 is 0. The van der Waals surface area contributed by atoms with Gasteiger partial charge in [0.1, 0.15) is 11.6 Å². The molecule has 0 fully saturated rings. The minimum absolute atomic E-state index is 0.103. The van der Waals surface area contributed by atoms with E-state index in [1.807, 2.05) is 0 Å². The first-order valence-electron chi connectivity index (χ1n) is 4.74. The summed E-state index contributed by atoms with van der Waals surface area (Å²) in [6.07, 6.45) is 0.448. The van der Waals surface area contributed by atoms with Crippen molar-refractivity contribution in [3.8, 4) is 6.07 Å². The van der Waals surface area contributed by atoms with Gasteiger partial charge in [0.2, 0.25) is 0 Å². The van der Waals surface area contributed by atoms with Crippen molar-refractivity contribution in [3.63, 3.8) is 0 Å². The lowest BCUT2D eigenvalue weighted by Gasteiger charge is -2.04. The van der Waals surface area contributed by atoms with Crippen LogP contribution in [0.25, 0.3) is 0 Å². The Kier molecular flexibility index (Phi) is 3.36. The number of nitrogens with zero attached hydrogens (tertiary/aromatic N) is 2. The molecule has 0 saturated carbocycles. The van der Waals surface area contributed by atoms with Gasteiger partial charge in [-0.25, -0.2) is 0 Å². The summed E-state index contributed by atoms with van der Waals surface area (Å²) in [5.74, 6) is -0.345. The molecule has 0 amide bonds. The number of Topliss-reactive ketones (excluding diaryl/α,β-unsaturated/α-hetero) is 1. The summed E-state index contributed by atoms with van der Waals surface area (Å²) >= 11 is 0. The zero-order valence-corrected chi connectivity index (χ0v) is 8.98. The quantitative estimate of drug-likeness (QED) is 0.442. The molecule has 82 valence electrons. The van der Waals surface area contributed by atoms with E-state index < -0.39 is 4.92 Å². The van der Waals surface area contributed by atoms with E-state index in [2.05, 4.69) is 0 Å². The maximum Gasteiger partial charge on any atom is 0.290 e. The highest BCUT2D eigenvalue weighted by Crippen LogP contribution is 2.27. The van der Waals surface area contributed by atoms with E-state index in [0.29, 0.717) is 12.0 Å². The molecule has 0 N–H and O–H groups in total. The number of rotatable bonds is 3. The minimum Gasteiger partial charge on any atom is -0.294 e. The van der Waals surface area contributed by atoms with Crippen LogP contribution >= 0.6 is 0 Å². The van der Waals surface area contributed by atoms with Gasteiger partial charge in [0, 0.05) is 11.1 Å². The van der Waals surface area contributed by atoms with Crippen LogP contribution < -0.4 is 0 Å². The Balaban J connectivity index is 3.64. The molecule has 5 nitrogen and oxygen atoms in total. The number of nitro benzene ring substituents is 1. The van der Waals surface area contributed by atoms with Crippen LogP contribution in [0.3, 0.4) is 0 Å². The molecule has 0 atom stereocenters. The molecule has 0 bridgehead atoms. The predicted octanol–water partition coefficient (Wildman–Crippen LogP) is 2.23. The van der Waals surface area contributed by atoms with Crippen LogP contribution in [0.15, 0.2) is 12.1 Å². The monoisotopic (exact) mass is 218 g/mol. The van der Waals surface area contributed by atoms with Crippen LogP contribution in [-0.2, 0) is 6.42 Å². The van der Waals surface area contributed by atoms with Crippen molar-refractivity contribution in [3.05, 3.63) is 38.9 Å². The number of hydrogen-bond acceptors (Lipinski definition) is 4. The molecule has 0 aliphatic carbocycles. The molecule has 0 saturated heterocycles. The minimum atomic E-state index is -0.607. The lowest BCUT2D eigenvalue weighted by Crippen LogP contribution is -2.04. The number of benzene rings is 1. The maximum absolute atomic E-state index is 11.2. The molecule has 0 heterocycles. The molecule has 0 radical (unpaired) electrons. The number of carbonyl (C=O) groups excluding carboxylic acids is 1. The predicted molar refractivity (Wildman–Crippen MR) is 57.2 cm³/mol. The summed E-state index contributed by atoms with van der Waals surface area (Å²) in [4.78, 5) is 21.5. The van der Waals surface area contributed by atoms with Gasteiger partial charge in [-0.3, -0.25) is 14.9 Å². The van der Waals surface area contributed by atoms with Crippen molar-refractivity contribution in [2.24, 2.45) is 0 Å². The molecule has 1 aromatic carbocycles. The largest absolute Gasteiger partial charge is 0.294 e. The van der Waals surface area contributed by atoms with Crippen molar-refractivity contribution in [2.75, 3.05) is 0 Å². The third-order valence-corrected chi connectivity index (χ3v) is 2.32. The average molecular weight is 218 g/mol. The Morgan fingerprint density at radius 2 is 2.19 bits per heavy atom. The molecule has 16 heavy (non-hydrogen) atoms. The summed E-state index contributed by atoms with van der Waals surface area (Å²) in [5.41, 5.74) is 0.174. The van der Waals surface area contributed by atoms with Crippen molar-refractivity contribution in [1.29, 1.82) is 5.26 Å². The second-order valence-corrected chi connectivity index (χ2v) is 3.27. The Hall–Kier alpha value is -2.22. The van der Waals surface area contributed by atoms with E-state index >= 15 is 0 Å². The second-order valence-electron chi connectivity index (χ2n) is 3.27. The zero-order valence-electron chi connectivity index (χ0n) is 8.98. The summed E-state index contributed by atoms with van der Waals surface area (Å²) in [6.45, 7) is 3.04. The normalized spacial score (nSPS) is 9.56. The van der Waals surface area contributed by atoms with Gasteiger partial charge in [0.05, 0.1) is 4.92 Å². The number of ketones is 1.